The summed E-state index contributed by atoms with van der Waals surface area (Å²) in [4.78, 5) is 0. The molecule has 1 saturated carbocycles. The standard InChI is InChI=1S/C14H19BrOS/c15-12-5-4-6-13(11-12)16-9-10-17-14-7-2-1-3-8-14/h4-6,11,14H,1-3,7-10H2. The first-order valence-corrected chi connectivity index (χ1v) is 8.19. The van der Waals surface area contributed by atoms with E-state index < -0.39 is 0 Å². The first-order valence-electron chi connectivity index (χ1n) is 6.34. The van der Waals surface area contributed by atoms with Crippen LogP contribution in [0.2, 0.25) is 0 Å². The van der Waals surface area contributed by atoms with Crippen molar-refractivity contribution < 1.29 is 4.74 Å². The Balaban J connectivity index is 1.62. The van der Waals surface area contributed by atoms with E-state index in [1.807, 2.05) is 24.3 Å². The SMILES string of the molecule is Brc1cccc(OCCSC2CCCCC2)c1. The summed E-state index contributed by atoms with van der Waals surface area (Å²) in [6, 6.07) is 8.05. The topological polar surface area (TPSA) is 9.23 Å². The maximum atomic E-state index is 5.73. The van der Waals surface area contributed by atoms with E-state index in [-0.39, 0.29) is 0 Å². The van der Waals surface area contributed by atoms with Gasteiger partial charge in [0.2, 0.25) is 0 Å². The molecule has 0 unspecified atom stereocenters. The molecular weight excluding hydrogens is 296 g/mol. The highest BCUT2D eigenvalue weighted by molar-refractivity contribution is 9.10. The number of halogens is 1. The van der Waals surface area contributed by atoms with Crippen molar-refractivity contribution in [2.45, 2.75) is 37.4 Å². The van der Waals surface area contributed by atoms with Crippen LogP contribution in [-0.2, 0) is 0 Å². The number of hydrogen-bond acceptors (Lipinski definition) is 2. The van der Waals surface area contributed by atoms with Gasteiger partial charge in [-0.25, -0.2) is 0 Å². The fourth-order valence-electron chi connectivity index (χ4n) is 2.16. The summed E-state index contributed by atoms with van der Waals surface area (Å²) < 4.78 is 6.81. The monoisotopic (exact) mass is 314 g/mol. The number of benzene rings is 1. The summed E-state index contributed by atoms with van der Waals surface area (Å²) in [6.07, 6.45) is 7.09. The maximum Gasteiger partial charge on any atom is 0.120 e. The lowest BCUT2D eigenvalue weighted by molar-refractivity contribution is 0.343. The highest BCUT2D eigenvalue weighted by Crippen LogP contribution is 2.28. The Morgan fingerprint density at radius 1 is 1.24 bits per heavy atom. The van der Waals surface area contributed by atoms with Gasteiger partial charge in [-0.2, -0.15) is 11.8 Å². The third-order valence-corrected chi connectivity index (χ3v) is 4.89. The maximum absolute atomic E-state index is 5.73. The van der Waals surface area contributed by atoms with Crippen LogP contribution in [0, 0.1) is 0 Å². The molecule has 17 heavy (non-hydrogen) atoms. The Morgan fingerprint density at radius 2 is 2.06 bits per heavy atom. The summed E-state index contributed by atoms with van der Waals surface area (Å²) >= 11 is 5.53. The molecule has 0 amide bonds. The predicted molar refractivity (Wildman–Crippen MR) is 79.0 cm³/mol. The average Bonchev–Trinajstić information content (AvgIpc) is 2.36. The molecule has 0 radical (unpaired) electrons. The van der Waals surface area contributed by atoms with E-state index in [4.69, 9.17) is 4.74 Å². The Bertz CT molecular complexity index is 337. The van der Waals surface area contributed by atoms with Crippen LogP contribution in [0.15, 0.2) is 28.7 Å². The second kappa shape index (κ2) is 7.32. The van der Waals surface area contributed by atoms with Gasteiger partial charge in [0.15, 0.2) is 0 Å². The molecule has 0 atom stereocenters. The molecule has 94 valence electrons. The van der Waals surface area contributed by atoms with E-state index in [2.05, 4.69) is 27.7 Å². The van der Waals surface area contributed by atoms with E-state index in [9.17, 15) is 0 Å². The first kappa shape index (κ1) is 13.3. The van der Waals surface area contributed by atoms with E-state index in [0.29, 0.717) is 0 Å². The molecule has 1 fully saturated rings. The molecule has 0 aromatic heterocycles. The van der Waals surface area contributed by atoms with Crippen LogP contribution >= 0.6 is 27.7 Å². The Labute approximate surface area is 116 Å². The molecule has 0 saturated heterocycles. The van der Waals surface area contributed by atoms with Crippen molar-refractivity contribution in [3.05, 3.63) is 28.7 Å². The van der Waals surface area contributed by atoms with Crippen LogP contribution < -0.4 is 4.74 Å². The molecule has 1 aliphatic rings. The fourth-order valence-corrected chi connectivity index (χ4v) is 3.72. The van der Waals surface area contributed by atoms with E-state index >= 15 is 0 Å². The van der Waals surface area contributed by atoms with Crippen LogP contribution in [-0.4, -0.2) is 17.6 Å². The molecule has 0 spiro atoms. The van der Waals surface area contributed by atoms with Crippen LogP contribution in [0.3, 0.4) is 0 Å². The smallest absolute Gasteiger partial charge is 0.120 e. The van der Waals surface area contributed by atoms with Crippen LogP contribution in [0.1, 0.15) is 32.1 Å². The van der Waals surface area contributed by atoms with Gasteiger partial charge in [-0.1, -0.05) is 41.3 Å². The number of rotatable bonds is 5. The van der Waals surface area contributed by atoms with Gasteiger partial charge >= 0.3 is 0 Å². The van der Waals surface area contributed by atoms with Gasteiger partial charge in [0.25, 0.3) is 0 Å². The zero-order valence-electron chi connectivity index (χ0n) is 10.0. The van der Waals surface area contributed by atoms with Crippen molar-refractivity contribution in [2.24, 2.45) is 0 Å². The lowest BCUT2D eigenvalue weighted by Crippen LogP contribution is -2.11. The molecule has 2 rings (SSSR count). The van der Waals surface area contributed by atoms with Crippen LogP contribution in [0.25, 0.3) is 0 Å². The zero-order chi connectivity index (χ0) is 11.9. The van der Waals surface area contributed by atoms with E-state index in [1.54, 1.807) is 0 Å². The molecule has 0 bridgehead atoms. The highest BCUT2D eigenvalue weighted by atomic mass is 79.9. The molecular formula is C14H19BrOS. The van der Waals surface area contributed by atoms with Gasteiger partial charge in [-0.3, -0.25) is 0 Å². The Hall–Kier alpha value is -0.150. The molecule has 1 aromatic carbocycles. The lowest BCUT2D eigenvalue weighted by Gasteiger charge is -2.20. The van der Waals surface area contributed by atoms with Gasteiger partial charge < -0.3 is 4.74 Å². The zero-order valence-corrected chi connectivity index (χ0v) is 12.4. The normalized spacial score (nSPS) is 17.0. The van der Waals surface area contributed by atoms with Crippen molar-refractivity contribution in [3.63, 3.8) is 0 Å². The minimum atomic E-state index is 0.817. The third kappa shape index (κ3) is 4.92. The summed E-state index contributed by atoms with van der Waals surface area (Å²) in [5.74, 6) is 2.07. The first-order chi connectivity index (χ1) is 8.34. The summed E-state index contributed by atoms with van der Waals surface area (Å²) in [6.45, 7) is 0.817. The number of ether oxygens (including phenoxy) is 1. The van der Waals surface area contributed by atoms with Crippen molar-refractivity contribution >= 4 is 27.7 Å². The van der Waals surface area contributed by atoms with Gasteiger partial charge in [0, 0.05) is 15.5 Å². The minimum Gasteiger partial charge on any atom is -0.493 e. The van der Waals surface area contributed by atoms with Crippen LogP contribution in [0.5, 0.6) is 5.75 Å². The average molecular weight is 315 g/mol. The molecule has 3 heteroatoms. The van der Waals surface area contributed by atoms with Crippen LogP contribution in [0.4, 0.5) is 0 Å². The van der Waals surface area contributed by atoms with Gasteiger partial charge in [0.05, 0.1) is 6.61 Å². The molecule has 0 heterocycles. The van der Waals surface area contributed by atoms with Crippen molar-refractivity contribution in [3.8, 4) is 5.75 Å². The predicted octanol–water partition coefficient (Wildman–Crippen LogP) is 4.89. The van der Waals surface area contributed by atoms with E-state index in [1.165, 1.54) is 32.1 Å². The summed E-state index contributed by atoms with van der Waals surface area (Å²) in [5.41, 5.74) is 0. The Kier molecular flexibility index (Phi) is 5.72. The van der Waals surface area contributed by atoms with Gasteiger partial charge in [-0.05, 0) is 31.0 Å². The number of thioether (sulfide) groups is 1. The minimum absolute atomic E-state index is 0.817. The molecule has 0 aliphatic heterocycles. The summed E-state index contributed by atoms with van der Waals surface area (Å²) in [7, 11) is 0. The van der Waals surface area contributed by atoms with Crippen molar-refractivity contribution in [1.82, 2.24) is 0 Å². The van der Waals surface area contributed by atoms with Crippen molar-refractivity contribution in [1.29, 1.82) is 0 Å². The largest absolute Gasteiger partial charge is 0.493 e. The Morgan fingerprint density at radius 3 is 2.82 bits per heavy atom. The fraction of sp³-hybridized carbons (Fsp3) is 0.571. The summed E-state index contributed by atoms with van der Waals surface area (Å²) in [5, 5.41) is 0.884. The van der Waals surface area contributed by atoms with E-state index in [0.717, 1.165) is 27.8 Å². The lowest BCUT2D eigenvalue weighted by atomic mass is 10.0. The number of hydrogen-bond donors (Lipinski definition) is 0. The van der Waals surface area contributed by atoms with Crippen molar-refractivity contribution in [2.75, 3.05) is 12.4 Å². The highest BCUT2D eigenvalue weighted by Gasteiger charge is 2.13. The third-order valence-electron chi connectivity index (χ3n) is 3.05. The van der Waals surface area contributed by atoms with Gasteiger partial charge in [-0.15, -0.1) is 0 Å². The second-order valence-electron chi connectivity index (χ2n) is 4.44. The van der Waals surface area contributed by atoms with Gasteiger partial charge in [0.1, 0.15) is 5.75 Å². The molecule has 0 N–H and O–H groups in total. The molecule has 1 aliphatic carbocycles. The second-order valence-corrected chi connectivity index (χ2v) is 6.76. The molecule has 1 aromatic rings. The molecule has 1 nitrogen and oxygen atoms in total. The quantitative estimate of drug-likeness (QED) is 0.715.